The van der Waals surface area contributed by atoms with Gasteiger partial charge in [-0.15, -0.1) is 0 Å². The molecule has 0 saturated heterocycles. The van der Waals surface area contributed by atoms with Crippen LogP contribution < -0.4 is 20.3 Å². The van der Waals surface area contributed by atoms with E-state index in [1.54, 1.807) is 18.2 Å². The first-order chi connectivity index (χ1) is 13.5. The van der Waals surface area contributed by atoms with Crippen LogP contribution in [0.25, 0.3) is 0 Å². The molecular weight excluding hydrogens is 363 g/mol. The molecule has 0 saturated carbocycles. The monoisotopic (exact) mass is 388 g/mol. The number of hydrazine groups is 1. The Bertz CT molecular complexity index is 793. The van der Waals surface area contributed by atoms with Crippen molar-refractivity contribution in [2.45, 2.75) is 33.1 Å². The van der Waals surface area contributed by atoms with E-state index in [1.165, 1.54) is 24.3 Å². The molecule has 2 aromatic rings. The van der Waals surface area contributed by atoms with Crippen molar-refractivity contribution in [3.05, 3.63) is 59.4 Å². The van der Waals surface area contributed by atoms with E-state index in [4.69, 9.17) is 9.47 Å². The summed E-state index contributed by atoms with van der Waals surface area (Å²) in [5, 5.41) is 0. The molecule has 0 aromatic heterocycles. The van der Waals surface area contributed by atoms with Crippen LogP contribution in [0.2, 0.25) is 0 Å². The van der Waals surface area contributed by atoms with Gasteiger partial charge in [0.1, 0.15) is 5.82 Å². The molecule has 7 heteroatoms. The second-order valence-corrected chi connectivity index (χ2v) is 6.16. The molecule has 150 valence electrons. The highest BCUT2D eigenvalue weighted by Crippen LogP contribution is 2.28. The SMILES string of the molecule is CCCOc1ccc(C(=O)NNC(=O)Cc2ccc(F)cc2)cc1OCCC. The molecule has 0 unspecified atom stereocenters. The minimum atomic E-state index is -0.476. The van der Waals surface area contributed by atoms with E-state index in [0.29, 0.717) is 35.8 Å². The van der Waals surface area contributed by atoms with Gasteiger partial charge in [-0.3, -0.25) is 20.4 Å². The summed E-state index contributed by atoms with van der Waals surface area (Å²) in [4.78, 5) is 24.3. The second kappa shape index (κ2) is 10.9. The Hall–Kier alpha value is -3.09. The molecule has 0 aliphatic heterocycles. The van der Waals surface area contributed by atoms with Gasteiger partial charge in [0.2, 0.25) is 5.91 Å². The quantitative estimate of drug-likeness (QED) is 0.646. The van der Waals surface area contributed by atoms with Gasteiger partial charge in [0.25, 0.3) is 5.91 Å². The van der Waals surface area contributed by atoms with Gasteiger partial charge >= 0.3 is 0 Å². The largest absolute Gasteiger partial charge is 0.490 e. The minimum absolute atomic E-state index is 0.0230. The van der Waals surface area contributed by atoms with Crippen LogP contribution in [-0.2, 0) is 11.2 Å². The van der Waals surface area contributed by atoms with Crippen molar-refractivity contribution in [2.75, 3.05) is 13.2 Å². The summed E-state index contributed by atoms with van der Waals surface area (Å²) in [6.45, 7) is 5.04. The first kappa shape index (κ1) is 21.2. The summed E-state index contributed by atoms with van der Waals surface area (Å²) in [7, 11) is 0. The van der Waals surface area contributed by atoms with Gasteiger partial charge in [0.05, 0.1) is 19.6 Å². The van der Waals surface area contributed by atoms with Crippen molar-refractivity contribution in [1.82, 2.24) is 10.9 Å². The Morgan fingerprint density at radius 3 is 2.18 bits per heavy atom. The summed E-state index contributed by atoms with van der Waals surface area (Å²) in [6, 6.07) is 10.5. The Kier molecular flexibility index (Phi) is 8.27. The van der Waals surface area contributed by atoms with Crippen LogP contribution in [0.3, 0.4) is 0 Å². The number of ether oxygens (including phenoxy) is 2. The average Bonchev–Trinajstić information content (AvgIpc) is 2.70. The lowest BCUT2D eigenvalue weighted by Gasteiger charge is -2.14. The number of carbonyl (C=O) groups excluding carboxylic acids is 2. The smallest absolute Gasteiger partial charge is 0.269 e. The summed E-state index contributed by atoms with van der Waals surface area (Å²) < 4.78 is 24.2. The van der Waals surface area contributed by atoms with Crippen LogP contribution in [0.4, 0.5) is 4.39 Å². The summed E-state index contributed by atoms with van der Waals surface area (Å²) in [5.41, 5.74) is 5.69. The lowest BCUT2D eigenvalue weighted by molar-refractivity contribution is -0.121. The number of amides is 2. The van der Waals surface area contributed by atoms with Gasteiger partial charge in [-0.25, -0.2) is 4.39 Å². The van der Waals surface area contributed by atoms with Crippen LogP contribution in [0, 0.1) is 5.82 Å². The number of halogens is 1. The molecule has 2 rings (SSSR count). The van der Waals surface area contributed by atoms with Crippen LogP contribution in [0.15, 0.2) is 42.5 Å². The van der Waals surface area contributed by atoms with Crippen LogP contribution in [0.1, 0.15) is 42.6 Å². The molecule has 0 bridgehead atoms. The normalized spacial score (nSPS) is 10.2. The Morgan fingerprint density at radius 2 is 1.54 bits per heavy atom. The summed E-state index contributed by atoms with van der Waals surface area (Å²) in [5.74, 6) is -0.195. The molecule has 0 radical (unpaired) electrons. The highest BCUT2D eigenvalue weighted by atomic mass is 19.1. The third-order valence-corrected chi connectivity index (χ3v) is 3.72. The maximum absolute atomic E-state index is 12.9. The number of rotatable bonds is 9. The standard InChI is InChI=1S/C21H25FN2O4/c1-3-11-27-18-10-7-16(14-19(18)28-12-4-2)21(26)24-23-20(25)13-15-5-8-17(22)9-6-15/h5-10,14H,3-4,11-13H2,1-2H3,(H,23,25)(H,24,26). The van der Waals surface area contributed by atoms with E-state index in [1.807, 2.05) is 13.8 Å². The topological polar surface area (TPSA) is 76.7 Å². The van der Waals surface area contributed by atoms with Crippen molar-refractivity contribution in [3.63, 3.8) is 0 Å². The molecule has 2 N–H and O–H groups in total. The lowest BCUT2D eigenvalue weighted by atomic mass is 10.1. The van der Waals surface area contributed by atoms with Crippen LogP contribution >= 0.6 is 0 Å². The molecule has 0 atom stereocenters. The van der Waals surface area contributed by atoms with E-state index >= 15 is 0 Å². The number of nitrogens with one attached hydrogen (secondary N) is 2. The first-order valence-corrected chi connectivity index (χ1v) is 9.26. The molecule has 28 heavy (non-hydrogen) atoms. The highest BCUT2D eigenvalue weighted by molar-refractivity contribution is 5.96. The van der Waals surface area contributed by atoms with Gasteiger partial charge in [-0.2, -0.15) is 0 Å². The maximum atomic E-state index is 12.9. The third kappa shape index (κ3) is 6.57. The van der Waals surface area contributed by atoms with Crippen LogP contribution in [-0.4, -0.2) is 25.0 Å². The van der Waals surface area contributed by atoms with E-state index in [2.05, 4.69) is 10.9 Å². The Balaban J connectivity index is 1.96. The van der Waals surface area contributed by atoms with Crippen molar-refractivity contribution in [2.24, 2.45) is 0 Å². The van der Waals surface area contributed by atoms with E-state index in [9.17, 15) is 14.0 Å². The number of hydrogen-bond donors (Lipinski definition) is 2. The number of hydrogen-bond acceptors (Lipinski definition) is 4. The molecule has 6 nitrogen and oxygen atoms in total. The Morgan fingerprint density at radius 1 is 0.893 bits per heavy atom. The van der Waals surface area contributed by atoms with Gasteiger partial charge in [0, 0.05) is 5.56 Å². The van der Waals surface area contributed by atoms with Gasteiger partial charge in [-0.05, 0) is 48.7 Å². The minimum Gasteiger partial charge on any atom is -0.490 e. The summed E-state index contributed by atoms with van der Waals surface area (Å²) >= 11 is 0. The van der Waals surface area contributed by atoms with E-state index in [-0.39, 0.29) is 12.2 Å². The number of benzene rings is 2. The molecule has 0 fully saturated rings. The fraction of sp³-hybridized carbons (Fsp3) is 0.333. The average molecular weight is 388 g/mol. The molecule has 0 aliphatic carbocycles. The first-order valence-electron chi connectivity index (χ1n) is 9.26. The van der Waals surface area contributed by atoms with Gasteiger partial charge < -0.3 is 9.47 Å². The molecule has 0 heterocycles. The predicted octanol–water partition coefficient (Wildman–Crippen LogP) is 3.41. The molecule has 2 amide bonds. The second-order valence-electron chi connectivity index (χ2n) is 6.16. The van der Waals surface area contributed by atoms with E-state index < -0.39 is 11.8 Å². The zero-order valence-electron chi connectivity index (χ0n) is 16.1. The molecule has 2 aromatic carbocycles. The zero-order valence-corrected chi connectivity index (χ0v) is 16.1. The van der Waals surface area contributed by atoms with Crippen molar-refractivity contribution in [3.8, 4) is 11.5 Å². The molecule has 0 spiro atoms. The predicted molar refractivity (Wildman–Crippen MR) is 104 cm³/mol. The van der Waals surface area contributed by atoms with E-state index in [0.717, 1.165) is 12.8 Å². The fourth-order valence-corrected chi connectivity index (χ4v) is 2.34. The van der Waals surface area contributed by atoms with Crippen molar-refractivity contribution in [1.29, 1.82) is 0 Å². The van der Waals surface area contributed by atoms with Gasteiger partial charge in [0.15, 0.2) is 11.5 Å². The molecular formula is C21H25FN2O4. The zero-order chi connectivity index (χ0) is 20.4. The van der Waals surface area contributed by atoms with Gasteiger partial charge in [-0.1, -0.05) is 26.0 Å². The van der Waals surface area contributed by atoms with Crippen molar-refractivity contribution >= 4 is 11.8 Å². The lowest BCUT2D eigenvalue weighted by Crippen LogP contribution is -2.42. The molecule has 0 aliphatic rings. The highest BCUT2D eigenvalue weighted by Gasteiger charge is 2.13. The van der Waals surface area contributed by atoms with Crippen LogP contribution in [0.5, 0.6) is 11.5 Å². The Labute approximate surface area is 164 Å². The number of carbonyl (C=O) groups is 2. The third-order valence-electron chi connectivity index (χ3n) is 3.72. The fourth-order valence-electron chi connectivity index (χ4n) is 2.34. The maximum Gasteiger partial charge on any atom is 0.269 e. The summed E-state index contributed by atoms with van der Waals surface area (Å²) in [6.07, 6.45) is 1.70. The van der Waals surface area contributed by atoms with Crippen molar-refractivity contribution < 1.29 is 23.5 Å².